The summed E-state index contributed by atoms with van der Waals surface area (Å²) in [5.74, 6) is -2.02. The number of methoxy groups -OCH3 is 1. The number of hydrogen-bond donors (Lipinski definition) is 3. The number of aliphatic carboxylic acids is 1. The zero-order valence-electron chi connectivity index (χ0n) is 25.2. The number of unbranched alkanes of at least 4 members (excludes halogenated alkanes) is 6. The molecule has 0 unspecified atom stereocenters. The smallest absolute Gasteiger partial charge is 0.328 e. The number of ether oxygens (including phenoxy) is 1. The van der Waals surface area contributed by atoms with Crippen molar-refractivity contribution >= 4 is 23.8 Å². The highest BCUT2D eigenvalue weighted by atomic mass is 16.5. The molecule has 2 fully saturated rings. The zero-order chi connectivity index (χ0) is 30.9. The van der Waals surface area contributed by atoms with E-state index in [9.17, 15) is 29.4 Å². The number of esters is 1. The molecule has 2 rings (SSSR count). The minimum atomic E-state index is -1.03. The molecule has 2 aliphatic heterocycles. The van der Waals surface area contributed by atoms with Gasteiger partial charge < -0.3 is 29.9 Å². The molecule has 10 nitrogen and oxygen atoms in total. The van der Waals surface area contributed by atoms with Crippen molar-refractivity contribution in [3.63, 3.8) is 0 Å². The molecule has 2 aliphatic rings. The number of aliphatic hydroxyl groups excluding tert-OH is 2. The lowest BCUT2D eigenvalue weighted by atomic mass is 10.0. The number of carbonyl (C=O) groups excluding carboxylic acids is 3. The van der Waals surface area contributed by atoms with Crippen molar-refractivity contribution in [2.45, 2.75) is 115 Å². The maximum atomic E-state index is 12.4. The van der Waals surface area contributed by atoms with Gasteiger partial charge in [0.05, 0.1) is 19.3 Å². The first-order chi connectivity index (χ1) is 19.5. The lowest BCUT2D eigenvalue weighted by Crippen LogP contribution is -2.43. The molecule has 0 aromatic carbocycles. The Morgan fingerprint density at radius 3 is 1.59 bits per heavy atom. The minimum absolute atomic E-state index is 0.0642. The summed E-state index contributed by atoms with van der Waals surface area (Å²) in [5.41, 5.74) is 0. The molecule has 41 heavy (non-hydrogen) atoms. The number of nitrogens with zero attached hydrogens (tertiary/aromatic N) is 2. The highest BCUT2D eigenvalue weighted by molar-refractivity contribution is 5.86. The Balaban J connectivity index is 0.000000410. The molecule has 0 spiro atoms. The van der Waals surface area contributed by atoms with E-state index in [1.165, 1.54) is 16.9 Å². The van der Waals surface area contributed by atoms with Gasteiger partial charge in [0.1, 0.15) is 12.1 Å². The van der Waals surface area contributed by atoms with Gasteiger partial charge in [-0.15, -0.1) is 13.2 Å². The molecule has 234 valence electrons. The Kier molecular flexibility index (Phi) is 17.2. The third-order valence-electron chi connectivity index (χ3n) is 7.82. The van der Waals surface area contributed by atoms with Crippen molar-refractivity contribution in [2.75, 3.05) is 20.2 Å². The zero-order valence-corrected chi connectivity index (χ0v) is 25.2. The number of allylic oxidation sites excluding steroid dienone is 2. The van der Waals surface area contributed by atoms with Gasteiger partial charge in [-0.2, -0.15) is 0 Å². The molecular weight excluding hydrogens is 528 g/mol. The van der Waals surface area contributed by atoms with Crippen LogP contribution in [0.25, 0.3) is 0 Å². The van der Waals surface area contributed by atoms with Gasteiger partial charge in [-0.05, 0) is 38.5 Å². The number of carboxylic acids is 1. The minimum Gasteiger partial charge on any atom is -0.480 e. The first-order valence-electron chi connectivity index (χ1n) is 15.0. The highest BCUT2D eigenvalue weighted by Crippen LogP contribution is 2.24. The predicted molar refractivity (Wildman–Crippen MR) is 157 cm³/mol. The van der Waals surface area contributed by atoms with Crippen LogP contribution in [0.5, 0.6) is 0 Å². The molecule has 0 bridgehead atoms. The SMILES string of the molecule is C=CCCCCC[C@H](C)C(=O)N1C[C@@H](O)C[C@H]1C(=O)O.C=CCCCCC[C@H](C)C(=O)N1C[C@@H](O)C[C@H]1C(=O)OC. The summed E-state index contributed by atoms with van der Waals surface area (Å²) in [6.45, 7) is 11.4. The molecule has 2 saturated heterocycles. The normalized spacial score (nSPS) is 23.2. The van der Waals surface area contributed by atoms with Gasteiger partial charge in [0.25, 0.3) is 0 Å². The Morgan fingerprint density at radius 1 is 0.780 bits per heavy atom. The van der Waals surface area contributed by atoms with E-state index in [0.717, 1.165) is 64.2 Å². The number of carboxylic acid groups (broad SMARTS) is 1. The summed E-state index contributed by atoms with van der Waals surface area (Å²) in [5, 5.41) is 28.4. The molecular formula is C31H52N2O8. The van der Waals surface area contributed by atoms with Gasteiger partial charge in [0.15, 0.2) is 0 Å². The second-order valence-electron chi connectivity index (χ2n) is 11.3. The summed E-state index contributed by atoms with van der Waals surface area (Å²) in [6.07, 6.45) is 12.6. The van der Waals surface area contributed by atoms with Crippen LogP contribution in [-0.2, 0) is 23.9 Å². The van der Waals surface area contributed by atoms with Crippen LogP contribution in [0.4, 0.5) is 0 Å². The monoisotopic (exact) mass is 580 g/mol. The van der Waals surface area contributed by atoms with E-state index in [0.29, 0.717) is 0 Å². The lowest BCUT2D eigenvalue weighted by Gasteiger charge is -2.25. The fraction of sp³-hybridized carbons (Fsp3) is 0.742. The van der Waals surface area contributed by atoms with E-state index in [2.05, 4.69) is 13.2 Å². The van der Waals surface area contributed by atoms with E-state index in [1.54, 1.807) is 0 Å². The average Bonchev–Trinajstić information content (AvgIpc) is 3.54. The summed E-state index contributed by atoms with van der Waals surface area (Å²) in [7, 11) is 1.30. The second kappa shape index (κ2) is 19.4. The fourth-order valence-electron chi connectivity index (χ4n) is 5.35. The van der Waals surface area contributed by atoms with E-state index in [-0.39, 0.29) is 49.6 Å². The van der Waals surface area contributed by atoms with Crippen molar-refractivity contribution < 1.29 is 39.2 Å². The van der Waals surface area contributed by atoms with Crippen LogP contribution in [0.1, 0.15) is 90.9 Å². The van der Waals surface area contributed by atoms with Crippen LogP contribution >= 0.6 is 0 Å². The Labute approximate surface area is 245 Å². The van der Waals surface area contributed by atoms with Gasteiger partial charge in [0.2, 0.25) is 11.8 Å². The quantitative estimate of drug-likeness (QED) is 0.142. The molecule has 0 aliphatic carbocycles. The summed E-state index contributed by atoms with van der Waals surface area (Å²) < 4.78 is 4.71. The molecule has 0 saturated carbocycles. The number of rotatable bonds is 16. The van der Waals surface area contributed by atoms with Gasteiger partial charge >= 0.3 is 11.9 Å². The first-order valence-corrected chi connectivity index (χ1v) is 15.0. The number of hydrogen-bond acceptors (Lipinski definition) is 7. The van der Waals surface area contributed by atoms with Crippen molar-refractivity contribution in [3.8, 4) is 0 Å². The molecule has 10 heteroatoms. The van der Waals surface area contributed by atoms with Gasteiger partial charge in [-0.25, -0.2) is 9.59 Å². The molecule has 2 amide bonds. The Hall–Kier alpha value is -2.72. The first kappa shape index (κ1) is 36.3. The lowest BCUT2D eigenvalue weighted by molar-refractivity contribution is -0.152. The summed E-state index contributed by atoms with van der Waals surface area (Å²) >= 11 is 0. The molecule has 0 aromatic rings. The number of amides is 2. The second-order valence-corrected chi connectivity index (χ2v) is 11.3. The number of carbonyl (C=O) groups is 4. The molecule has 2 heterocycles. The predicted octanol–water partition coefficient (Wildman–Crippen LogP) is 3.70. The van der Waals surface area contributed by atoms with Gasteiger partial charge in [0, 0.05) is 37.8 Å². The molecule has 6 atom stereocenters. The third kappa shape index (κ3) is 12.4. The van der Waals surface area contributed by atoms with E-state index in [1.807, 2.05) is 26.0 Å². The third-order valence-corrected chi connectivity index (χ3v) is 7.82. The van der Waals surface area contributed by atoms with Gasteiger partial charge in [-0.3, -0.25) is 9.59 Å². The van der Waals surface area contributed by atoms with Crippen LogP contribution in [-0.4, -0.2) is 93.4 Å². The summed E-state index contributed by atoms with van der Waals surface area (Å²) in [4.78, 5) is 50.3. The van der Waals surface area contributed by atoms with Crippen LogP contribution in [0.2, 0.25) is 0 Å². The largest absolute Gasteiger partial charge is 0.480 e. The number of β-amino-alcohol motifs (C(OH)–C–C–N with tert-alkyl or cyclic N) is 2. The van der Waals surface area contributed by atoms with E-state index < -0.39 is 36.2 Å². The van der Waals surface area contributed by atoms with Crippen LogP contribution in [0.15, 0.2) is 25.3 Å². The maximum absolute atomic E-state index is 12.4. The topological polar surface area (TPSA) is 145 Å². The van der Waals surface area contributed by atoms with E-state index >= 15 is 0 Å². The average molecular weight is 581 g/mol. The van der Waals surface area contributed by atoms with Gasteiger partial charge in [-0.1, -0.05) is 51.7 Å². The van der Waals surface area contributed by atoms with E-state index in [4.69, 9.17) is 9.84 Å². The van der Waals surface area contributed by atoms with Crippen molar-refractivity contribution in [1.82, 2.24) is 9.80 Å². The van der Waals surface area contributed by atoms with Crippen LogP contribution in [0, 0.1) is 11.8 Å². The van der Waals surface area contributed by atoms with Crippen LogP contribution in [0.3, 0.4) is 0 Å². The standard InChI is InChI=1S/C16H27NO4.C15H25NO4/c1-4-5-6-7-8-9-12(2)15(19)17-11-13(18)10-14(17)16(20)21-3;1-3-4-5-6-7-8-11(2)14(18)16-10-12(17)9-13(16)15(19)20/h4,12-14,18H,1,5-11H2,2-3H3;3,11-13,17H,1,4-10H2,2H3,(H,19,20)/t12-,13-,14-;11-,12-,13-/m00/s1. The molecule has 3 N–H and O–H groups in total. The maximum Gasteiger partial charge on any atom is 0.328 e. The van der Waals surface area contributed by atoms with Crippen molar-refractivity contribution in [3.05, 3.63) is 25.3 Å². The van der Waals surface area contributed by atoms with Crippen LogP contribution < -0.4 is 0 Å². The Morgan fingerprint density at radius 2 is 1.20 bits per heavy atom. The fourth-order valence-corrected chi connectivity index (χ4v) is 5.35. The Bertz CT molecular complexity index is 863. The molecule has 0 radical (unpaired) electrons. The number of likely N-dealkylation sites (tertiary alicyclic amines) is 2. The molecule has 0 aromatic heterocycles. The van der Waals surface area contributed by atoms with Crippen molar-refractivity contribution in [1.29, 1.82) is 0 Å². The summed E-state index contributed by atoms with van der Waals surface area (Å²) in [6, 6.07) is -1.51. The van der Waals surface area contributed by atoms with Crippen molar-refractivity contribution in [2.24, 2.45) is 11.8 Å². The highest BCUT2D eigenvalue weighted by Gasteiger charge is 2.41. The number of aliphatic hydroxyl groups is 2.